The second-order valence-corrected chi connectivity index (χ2v) is 17.5. The van der Waals surface area contributed by atoms with E-state index in [1.54, 1.807) is 5.57 Å². The smallest absolute Gasteiger partial charge is 0.0466 e. The van der Waals surface area contributed by atoms with Gasteiger partial charge in [0.2, 0.25) is 0 Å². The van der Waals surface area contributed by atoms with Gasteiger partial charge in [-0.15, -0.1) is 0 Å². The second kappa shape index (κ2) is 16.8. The van der Waals surface area contributed by atoms with E-state index in [0.29, 0.717) is 0 Å². The molecular formula is C61H52N2. The number of hydrogen-bond donors (Lipinski definition) is 0. The average molecular weight is 813 g/mol. The summed E-state index contributed by atoms with van der Waals surface area (Å²) in [5, 5.41) is 0. The SMILES string of the molecule is Cc1cc(C)cc(N(c2ccc(-c3ccc(/C=C/c4ccc(-c5ccc(N(c6ccccc6)c6ccccc6)cc5)cc4)cc3)cc2)c2ccc3c(c2)C(C)(C)C2=C3C=CCC2)c1. The Morgan fingerprint density at radius 2 is 0.857 bits per heavy atom. The van der Waals surface area contributed by atoms with Crippen LogP contribution in [0.15, 0.2) is 212 Å². The fourth-order valence-electron chi connectivity index (χ4n) is 9.65. The van der Waals surface area contributed by atoms with Crippen molar-refractivity contribution in [3.8, 4) is 22.3 Å². The van der Waals surface area contributed by atoms with Crippen LogP contribution in [0.1, 0.15) is 60.1 Å². The van der Waals surface area contributed by atoms with Gasteiger partial charge in [-0.2, -0.15) is 0 Å². The van der Waals surface area contributed by atoms with Crippen molar-refractivity contribution >= 4 is 51.8 Å². The summed E-state index contributed by atoms with van der Waals surface area (Å²) in [4.78, 5) is 4.72. The normalized spacial score (nSPS) is 13.8. The minimum absolute atomic E-state index is 0.0132. The Morgan fingerprint density at radius 1 is 0.429 bits per heavy atom. The zero-order valence-electron chi connectivity index (χ0n) is 36.6. The quantitative estimate of drug-likeness (QED) is 0.127. The molecular weight excluding hydrogens is 761 g/mol. The molecule has 63 heavy (non-hydrogen) atoms. The number of hydrogen-bond acceptors (Lipinski definition) is 2. The summed E-state index contributed by atoms with van der Waals surface area (Å²) in [6, 6.07) is 70.6. The molecule has 0 saturated heterocycles. The summed E-state index contributed by atoms with van der Waals surface area (Å²) in [6.45, 7) is 9.18. The number of nitrogens with zero attached hydrogens (tertiary/aromatic N) is 2. The van der Waals surface area contributed by atoms with Crippen LogP contribution in [-0.4, -0.2) is 0 Å². The van der Waals surface area contributed by atoms with Crippen LogP contribution in [0.4, 0.5) is 34.1 Å². The number of aryl methyl sites for hydroxylation is 2. The van der Waals surface area contributed by atoms with Gasteiger partial charge in [0.25, 0.3) is 0 Å². The molecule has 8 aromatic rings. The molecule has 0 unspecified atom stereocenters. The molecule has 2 nitrogen and oxygen atoms in total. The van der Waals surface area contributed by atoms with E-state index in [1.165, 1.54) is 72.6 Å². The maximum atomic E-state index is 2.44. The molecule has 0 aliphatic heterocycles. The van der Waals surface area contributed by atoms with E-state index in [4.69, 9.17) is 0 Å². The van der Waals surface area contributed by atoms with Crippen molar-refractivity contribution in [3.63, 3.8) is 0 Å². The molecule has 0 N–H and O–H groups in total. The van der Waals surface area contributed by atoms with Gasteiger partial charge in [-0.05, 0) is 161 Å². The summed E-state index contributed by atoms with van der Waals surface area (Å²) in [5.74, 6) is 0. The molecule has 0 fully saturated rings. The van der Waals surface area contributed by atoms with Crippen molar-refractivity contribution in [1.82, 2.24) is 0 Å². The van der Waals surface area contributed by atoms with E-state index in [2.05, 4.69) is 256 Å². The van der Waals surface area contributed by atoms with E-state index in [-0.39, 0.29) is 5.41 Å². The third-order valence-electron chi connectivity index (χ3n) is 12.9. The third-order valence-corrected chi connectivity index (χ3v) is 12.9. The Bertz CT molecular complexity index is 2930. The molecule has 0 saturated carbocycles. The van der Waals surface area contributed by atoms with Crippen LogP contribution in [-0.2, 0) is 5.41 Å². The Hall–Kier alpha value is -7.42. The van der Waals surface area contributed by atoms with E-state index >= 15 is 0 Å². The summed E-state index contributed by atoms with van der Waals surface area (Å²) in [6.07, 6.45) is 11.3. The number of rotatable bonds is 10. The number of anilines is 6. The van der Waals surface area contributed by atoms with Crippen LogP contribution in [0.2, 0.25) is 0 Å². The lowest BCUT2D eigenvalue weighted by atomic mass is 9.78. The van der Waals surface area contributed by atoms with Crippen LogP contribution in [0, 0.1) is 13.8 Å². The largest absolute Gasteiger partial charge is 0.311 e. The van der Waals surface area contributed by atoms with Gasteiger partial charge >= 0.3 is 0 Å². The van der Waals surface area contributed by atoms with Crippen LogP contribution >= 0.6 is 0 Å². The van der Waals surface area contributed by atoms with Crippen molar-refractivity contribution in [1.29, 1.82) is 0 Å². The lowest BCUT2D eigenvalue weighted by Crippen LogP contribution is -2.19. The lowest BCUT2D eigenvalue weighted by Gasteiger charge is -2.29. The lowest BCUT2D eigenvalue weighted by molar-refractivity contribution is 0.607. The van der Waals surface area contributed by atoms with Gasteiger partial charge in [-0.3, -0.25) is 0 Å². The maximum Gasteiger partial charge on any atom is 0.0466 e. The zero-order chi connectivity index (χ0) is 42.9. The Morgan fingerprint density at radius 3 is 1.35 bits per heavy atom. The minimum atomic E-state index is 0.0132. The molecule has 0 bridgehead atoms. The molecule has 10 rings (SSSR count). The molecule has 0 aromatic heterocycles. The van der Waals surface area contributed by atoms with Gasteiger partial charge in [0.05, 0.1) is 0 Å². The van der Waals surface area contributed by atoms with Crippen LogP contribution in [0.5, 0.6) is 0 Å². The molecule has 0 amide bonds. The number of fused-ring (bicyclic) bond motifs is 2. The Balaban J connectivity index is 0.844. The first-order valence-electron chi connectivity index (χ1n) is 22.2. The van der Waals surface area contributed by atoms with Crippen LogP contribution in [0.25, 0.3) is 40.0 Å². The first-order chi connectivity index (χ1) is 30.8. The highest BCUT2D eigenvalue weighted by atomic mass is 15.1. The molecule has 0 spiro atoms. The summed E-state index contributed by atoms with van der Waals surface area (Å²) in [5.41, 5.74) is 22.4. The zero-order valence-corrected chi connectivity index (χ0v) is 36.6. The standard InChI is InChI=1S/C61H52N2/c1-43-39-44(2)41-56(40-43)63(55-37-38-58-57-17-11-12-18-59(57)61(3,4)60(58)42-55)54-35-31-50(32-36-54)48-27-23-46(24-28-48)20-19-45-21-25-47(26-22-45)49-29-33-53(34-30-49)62(51-13-7-5-8-14-51)52-15-9-6-10-16-52/h5-11,13-17,19-42H,12,18H2,1-4H3/b20-19+. The Kier molecular flexibility index (Phi) is 10.6. The van der Waals surface area contributed by atoms with Gasteiger partial charge in [0.15, 0.2) is 0 Å². The average Bonchev–Trinajstić information content (AvgIpc) is 3.55. The minimum Gasteiger partial charge on any atom is -0.311 e. The highest BCUT2D eigenvalue weighted by molar-refractivity contribution is 5.89. The van der Waals surface area contributed by atoms with Gasteiger partial charge in [0, 0.05) is 39.5 Å². The number of para-hydroxylation sites is 2. The fraction of sp³-hybridized carbons (Fsp3) is 0.115. The summed E-state index contributed by atoms with van der Waals surface area (Å²) < 4.78 is 0. The predicted molar refractivity (Wildman–Crippen MR) is 270 cm³/mol. The first kappa shape index (κ1) is 39.7. The topological polar surface area (TPSA) is 6.48 Å². The highest BCUT2D eigenvalue weighted by Crippen LogP contribution is 2.52. The molecule has 2 aliphatic rings. The monoisotopic (exact) mass is 812 g/mol. The molecule has 0 atom stereocenters. The molecule has 8 aromatic carbocycles. The molecule has 306 valence electrons. The van der Waals surface area contributed by atoms with E-state index in [1.807, 2.05) is 0 Å². The molecule has 2 aliphatic carbocycles. The van der Waals surface area contributed by atoms with Gasteiger partial charge in [-0.25, -0.2) is 0 Å². The van der Waals surface area contributed by atoms with Gasteiger partial charge < -0.3 is 9.80 Å². The molecule has 0 radical (unpaired) electrons. The van der Waals surface area contributed by atoms with Crippen molar-refractivity contribution in [2.24, 2.45) is 0 Å². The number of allylic oxidation sites excluding steroid dienone is 4. The predicted octanol–water partition coefficient (Wildman–Crippen LogP) is 17.1. The van der Waals surface area contributed by atoms with Crippen molar-refractivity contribution in [3.05, 3.63) is 245 Å². The number of benzene rings is 8. The summed E-state index contributed by atoms with van der Waals surface area (Å²) in [7, 11) is 0. The molecule has 2 heteroatoms. The van der Waals surface area contributed by atoms with E-state index in [9.17, 15) is 0 Å². The second-order valence-electron chi connectivity index (χ2n) is 17.5. The molecule has 0 heterocycles. The third kappa shape index (κ3) is 7.97. The van der Waals surface area contributed by atoms with Gasteiger partial charge in [0.1, 0.15) is 0 Å². The van der Waals surface area contributed by atoms with Crippen molar-refractivity contribution in [2.45, 2.75) is 46.0 Å². The first-order valence-corrected chi connectivity index (χ1v) is 22.2. The Labute approximate surface area is 373 Å². The van der Waals surface area contributed by atoms with Crippen molar-refractivity contribution in [2.75, 3.05) is 9.80 Å². The van der Waals surface area contributed by atoms with E-state index < -0.39 is 0 Å². The highest BCUT2D eigenvalue weighted by Gasteiger charge is 2.37. The maximum absolute atomic E-state index is 2.44. The van der Waals surface area contributed by atoms with Crippen molar-refractivity contribution < 1.29 is 0 Å². The summed E-state index contributed by atoms with van der Waals surface area (Å²) >= 11 is 0. The van der Waals surface area contributed by atoms with Gasteiger partial charge in [-0.1, -0.05) is 165 Å². The fourth-order valence-corrected chi connectivity index (χ4v) is 9.65. The van der Waals surface area contributed by atoms with E-state index in [0.717, 1.165) is 35.6 Å². The van der Waals surface area contributed by atoms with Crippen LogP contribution in [0.3, 0.4) is 0 Å². The van der Waals surface area contributed by atoms with Crippen LogP contribution < -0.4 is 9.80 Å².